The van der Waals surface area contributed by atoms with Crippen molar-refractivity contribution >= 4 is 27.1 Å². The first kappa shape index (κ1) is 20.8. The Bertz CT molecular complexity index is 1220. The minimum atomic E-state index is -3.41. The van der Waals surface area contributed by atoms with Gasteiger partial charge in [-0.3, -0.25) is 18.7 Å². The van der Waals surface area contributed by atoms with E-state index >= 15 is 0 Å². The molecule has 30 heavy (non-hydrogen) atoms. The van der Waals surface area contributed by atoms with Crippen LogP contribution in [0.4, 0.5) is 0 Å². The van der Waals surface area contributed by atoms with Crippen LogP contribution in [0.15, 0.2) is 9.59 Å². The minimum Gasteiger partial charge on any atom is -0.341 e. The molecule has 2 aliphatic heterocycles. The summed E-state index contributed by atoms with van der Waals surface area (Å²) in [5.41, 5.74) is -0.228. The van der Waals surface area contributed by atoms with E-state index in [0.29, 0.717) is 62.3 Å². The van der Waals surface area contributed by atoms with Gasteiger partial charge in [0.1, 0.15) is 17.4 Å². The summed E-state index contributed by atoms with van der Waals surface area (Å²) in [6, 6.07) is -0.611. The topological polar surface area (TPSA) is 130 Å². The van der Waals surface area contributed by atoms with E-state index < -0.39 is 27.3 Å². The summed E-state index contributed by atoms with van der Waals surface area (Å²) in [5.74, 6) is 0.516. The second-order valence-electron chi connectivity index (χ2n) is 8.16. The number of aromatic amines is 1. The van der Waals surface area contributed by atoms with E-state index in [1.54, 1.807) is 11.9 Å². The van der Waals surface area contributed by atoms with Crippen molar-refractivity contribution in [2.45, 2.75) is 37.6 Å². The largest absolute Gasteiger partial charge is 0.341 e. The molecule has 0 saturated carbocycles. The Labute approximate surface area is 173 Å². The molecule has 0 aliphatic carbocycles. The highest BCUT2D eigenvalue weighted by atomic mass is 32.2. The summed E-state index contributed by atoms with van der Waals surface area (Å²) in [6.45, 7) is 1.37. The summed E-state index contributed by atoms with van der Waals surface area (Å²) in [6.07, 6.45) is 3.67. The molecular formula is C18H26N6O5S. The van der Waals surface area contributed by atoms with Crippen LogP contribution in [0.25, 0.3) is 11.2 Å². The van der Waals surface area contributed by atoms with Crippen LogP contribution < -0.4 is 11.2 Å². The SMILES string of the molecule is Cn1c(=O)c2[nH]c(C3CCN(C(=O)C4CCCN4S(C)(=O)=O)CC3)nc2n(C)c1=O. The molecular weight excluding hydrogens is 412 g/mol. The standard InChI is InChI=1S/C18H26N6O5S/c1-21-15-13(17(26)22(2)18(21)27)19-14(20-15)11-6-9-23(10-7-11)16(25)12-5-4-8-24(12)30(3,28)29/h11-12H,4-10H2,1-3H3,(H,19,20). The molecule has 2 aliphatic rings. The molecule has 2 aromatic rings. The van der Waals surface area contributed by atoms with Gasteiger partial charge >= 0.3 is 5.69 Å². The predicted octanol–water partition coefficient (Wildman–Crippen LogP) is -0.910. The smallest absolute Gasteiger partial charge is 0.332 e. The Balaban J connectivity index is 1.51. The van der Waals surface area contributed by atoms with E-state index in [-0.39, 0.29) is 11.8 Å². The van der Waals surface area contributed by atoms with Gasteiger partial charge < -0.3 is 9.88 Å². The number of nitrogens with one attached hydrogen (secondary N) is 1. The number of imidazole rings is 1. The van der Waals surface area contributed by atoms with E-state index in [2.05, 4.69) is 9.97 Å². The lowest BCUT2D eigenvalue weighted by Crippen LogP contribution is -2.49. The maximum absolute atomic E-state index is 12.9. The van der Waals surface area contributed by atoms with Crippen LogP contribution in [0.1, 0.15) is 37.4 Å². The zero-order valence-corrected chi connectivity index (χ0v) is 18.1. The molecule has 2 saturated heterocycles. The van der Waals surface area contributed by atoms with E-state index in [1.165, 1.54) is 15.9 Å². The molecule has 4 heterocycles. The van der Waals surface area contributed by atoms with Crippen molar-refractivity contribution in [1.82, 2.24) is 28.3 Å². The fraction of sp³-hybridized carbons (Fsp3) is 0.667. The third kappa shape index (κ3) is 3.37. The number of carbonyl (C=O) groups is 1. The van der Waals surface area contributed by atoms with Gasteiger partial charge in [0, 0.05) is 39.6 Å². The predicted molar refractivity (Wildman–Crippen MR) is 110 cm³/mol. The molecule has 2 aromatic heterocycles. The number of carbonyl (C=O) groups excluding carboxylic acids is 1. The monoisotopic (exact) mass is 438 g/mol. The number of H-pyrrole nitrogens is 1. The van der Waals surface area contributed by atoms with Gasteiger partial charge in [-0.25, -0.2) is 18.2 Å². The summed E-state index contributed by atoms with van der Waals surface area (Å²) in [5, 5.41) is 0. The summed E-state index contributed by atoms with van der Waals surface area (Å²) >= 11 is 0. The average Bonchev–Trinajstić information content (AvgIpc) is 3.38. The number of piperidine rings is 1. The van der Waals surface area contributed by atoms with Crippen molar-refractivity contribution < 1.29 is 13.2 Å². The van der Waals surface area contributed by atoms with Crippen LogP contribution in [-0.2, 0) is 28.9 Å². The van der Waals surface area contributed by atoms with Crippen molar-refractivity contribution in [2.24, 2.45) is 14.1 Å². The molecule has 2 fully saturated rings. The van der Waals surface area contributed by atoms with Crippen molar-refractivity contribution in [3.8, 4) is 0 Å². The van der Waals surface area contributed by atoms with E-state index in [1.807, 2.05) is 0 Å². The fourth-order valence-corrected chi connectivity index (χ4v) is 5.62. The maximum atomic E-state index is 12.9. The summed E-state index contributed by atoms with van der Waals surface area (Å²) in [4.78, 5) is 46.7. The molecule has 0 spiro atoms. The number of likely N-dealkylation sites (tertiary alicyclic amines) is 1. The molecule has 12 heteroatoms. The molecule has 1 unspecified atom stereocenters. The maximum Gasteiger partial charge on any atom is 0.332 e. The fourth-order valence-electron chi connectivity index (χ4n) is 4.51. The number of nitrogens with zero attached hydrogens (tertiary/aromatic N) is 5. The highest BCUT2D eigenvalue weighted by molar-refractivity contribution is 7.88. The van der Waals surface area contributed by atoms with Crippen molar-refractivity contribution in [3.63, 3.8) is 0 Å². The Hall–Kier alpha value is -2.47. The van der Waals surface area contributed by atoms with Crippen LogP contribution in [0, 0.1) is 0 Å². The van der Waals surface area contributed by atoms with Crippen LogP contribution in [0.5, 0.6) is 0 Å². The quantitative estimate of drug-likeness (QED) is 0.660. The van der Waals surface area contributed by atoms with Gasteiger partial charge in [-0.1, -0.05) is 0 Å². The molecule has 4 rings (SSSR count). The van der Waals surface area contributed by atoms with E-state index in [9.17, 15) is 22.8 Å². The van der Waals surface area contributed by atoms with Gasteiger partial charge in [-0.05, 0) is 25.7 Å². The number of aromatic nitrogens is 4. The van der Waals surface area contributed by atoms with Crippen molar-refractivity contribution in [2.75, 3.05) is 25.9 Å². The van der Waals surface area contributed by atoms with Crippen LogP contribution in [0.3, 0.4) is 0 Å². The van der Waals surface area contributed by atoms with Gasteiger partial charge in [0.2, 0.25) is 15.9 Å². The Morgan fingerprint density at radius 1 is 1.07 bits per heavy atom. The zero-order valence-electron chi connectivity index (χ0n) is 17.3. The highest BCUT2D eigenvalue weighted by Crippen LogP contribution is 2.29. The minimum absolute atomic E-state index is 0.0239. The van der Waals surface area contributed by atoms with Crippen molar-refractivity contribution in [1.29, 1.82) is 0 Å². The Morgan fingerprint density at radius 2 is 1.73 bits per heavy atom. The van der Waals surface area contributed by atoms with Crippen LogP contribution >= 0.6 is 0 Å². The first-order chi connectivity index (χ1) is 14.1. The van der Waals surface area contributed by atoms with E-state index in [0.717, 1.165) is 10.8 Å². The summed E-state index contributed by atoms with van der Waals surface area (Å²) < 4.78 is 27.6. The average molecular weight is 439 g/mol. The second kappa shape index (κ2) is 7.34. The number of rotatable bonds is 3. The first-order valence-electron chi connectivity index (χ1n) is 10.0. The third-order valence-corrected chi connectivity index (χ3v) is 7.51. The third-order valence-electron chi connectivity index (χ3n) is 6.22. The van der Waals surface area contributed by atoms with Crippen LogP contribution in [0.2, 0.25) is 0 Å². The zero-order chi connectivity index (χ0) is 21.8. The molecule has 1 atom stereocenters. The van der Waals surface area contributed by atoms with Gasteiger partial charge in [0.05, 0.1) is 6.26 Å². The molecule has 11 nitrogen and oxygen atoms in total. The van der Waals surface area contributed by atoms with E-state index in [4.69, 9.17) is 0 Å². The Kier molecular flexibility index (Phi) is 5.09. The van der Waals surface area contributed by atoms with Gasteiger partial charge in [-0.15, -0.1) is 0 Å². The lowest BCUT2D eigenvalue weighted by Gasteiger charge is -2.34. The van der Waals surface area contributed by atoms with Crippen LogP contribution in [-0.4, -0.2) is 74.6 Å². The van der Waals surface area contributed by atoms with Gasteiger partial charge in [0.15, 0.2) is 5.65 Å². The number of hydrogen-bond donors (Lipinski definition) is 1. The lowest BCUT2D eigenvalue weighted by molar-refractivity contribution is -0.135. The number of hydrogen-bond acceptors (Lipinski definition) is 6. The number of amides is 1. The number of sulfonamides is 1. The van der Waals surface area contributed by atoms with Gasteiger partial charge in [0.25, 0.3) is 5.56 Å². The molecule has 0 aromatic carbocycles. The molecule has 1 N–H and O–H groups in total. The molecule has 1 amide bonds. The molecule has 164 valence electrons. The molecule has 0 bridgehead atoms. The molecule has 0 radical (unpaired) electrons. The summed E-state index contributed by atoms with van der Waals surface area (Å²) in [7, 11) is -0.405. The van der Waals surface area contributed by atoms with Gasteiger partial charge in [-0.2, -0.15) is 4.31 Å². The Morgan fingerprint density at radius 3 is 2.37 bits per heavy atom. The number of aryl methyl sites for hydroxylation is 1. The first-order valence-corrected chi connectivity index (χ1v) is 11.9. The van der Waals surface area contributed by atoms with Crippen molar-refractivity contribution in [3.05, 3.63) is 26.7 Å². The second-order valence-corrected chi connectivity index (χ2v) is 10.1. The normalized spacial score (nSPS) is 21.6. The highest BCUT2D eigenvalue weighted by Gasteiger charge is 2.39. The lowest BCUT2D eigenvalue weighted by atomic mass is 9.95. The number of fused-ring (bicyclic) bond motifs is 1.